The van der Waals surface area contributed by atoms with Crippen molar-refractivity contribution in [3.8, 4) is 0 Å². The number of aromatic nitrogens is 1. The lowest BCUT2D eigenvalue weighted by molar-refractivity contribution is -0.508. The van der Waals surface area contributed by atoms with Gasteiger partial charge < -0.3 is 0 Å². The van der Waals surface area contributed by atoms with Crippen LogP contribution < -0.4 is 4.57 Å². The molecule has 0 atom stereocenters. The zero-order valence-electron chi connectivity index (χ0n) is 8.93. The van der Waals surface area contributed by atoms with Crippen molar-refractivity contribution in [3.05, 3.63) is 61.2 Å². The quantitative estimate of drug-likeness (QED) is 0.424. The molecule has 76 valence electrons. The topological polar surface area (TPSA) is 3.88 Å². The van der Waals surface area contributed by atoms with Crippen LogP contribution in [0.4, 0.5) is 0 Å². The second-order valence-corrected chi connectivity index (χ2v) is 3.81. The molecule has 0 aliphatic heterocycles. The van der Waals surface area contributed by atoms with E-state index in [1.54, 1.807) is 0 Å². The summed E-state index contributed by atoms with van der Waals surface area (Å²) in [6.45, 7) is 3.89. The maximum absolute atomic E-state index is 3.89. The van der Waals surface area contributed by atoms with Crippen molar-refractivity contribution in [2.75, 3.05) is 0 Å². The van der Waals surface area contributed by atoms with Gasteiger partial charge in [0.15, 0.2) is 6.20 Å². The molecule has 0 saturated heterocycles. The zero-order valence-corrected chi connectivity index (χ0v) is 8.93. The van der Waals surface area contributed by atoms with Crippen LogP contribution in [0.1, 0.15) is 0 Å². The van der Waals surface area contributed by atoms with Gasteiger partial charge in [0.2, 0.25) is 11.0 Å². The molecule has 0 N–H and O–H groups in total. The maximum atomic E-state index is 3.89. The summed E-state index contributed by atoms with van der Waals surface area (Å²) in [6, 6.07) is 18.9. The first-order chi connectivity index (χ1) is 7.90. The van der Waals surface area contributed by atoms with Gasteiger partial charge in [0.05, 0.1) is 0 Å². The molecule has 16 heavy (non-hydrogen) atoms. The first-order valence-corrected chi connectivity index (χ1v) is 5.35. The highest BCUT2D eigenvalue weighted by molar-refractivity contribution is 5.89. The van der Waals surface area contributed by atoms with Crippen LogP contribution in [-0.4, -0.2) is 0 Å². The summed E-state index contributed by atoms with van der Waals surface area (Å²) in [5, 5.41) is 2.47. The maximum Gasteiger partial charge on any atom is 0.218 e. The lowest BCUT2D eigenvalue weighted by atomic mass is 10.1. The number of fused-ring (bicyclic) bond motifs is 2. The van der Waals surface area contributed by atoms with Crippen molar-refractivity contribution in [3.63, 3.8) is 0 Å². The number of hydrogen-bond acceptors (Lipinski definition) is 0. The number of para-hydroxylation sites is 2. The molecule has 1 heteroatoms. The highest BCUT2D eigenvalue weighted by Crippen LogP contribution is 2.17. The third-order valence-electron chi connectivity index (χ3n) is 2.89. The van der Waals surface area contributed by atoms with Crippen LogP contribution in [0.2, 0.25) is 0 Å². The van der Waals surface area contributed by atoms with E-state index in [1.807, 2.05) is 6.20 Å². The molecule has 0 bridgehead atoms. The molecular formula is C15H12N+. The van der Waals surface area contributed by atoms with Crippen LogP contribution in [0.15, 0.2) is 61.2 Å². The van der Waals surface area contributed by atoms with Crippen molar-refractivity contribution in [1.29, 1.82) is 0 Å². The van der Waals surface area contributed by atoms with Gasteiger partial charge >= 0.3 is 0 Å². The Labute approximate surface area is 94.3 Å². The van der Waals surface area contributed by atoms with Crippen molar-refractivity contribution >= 4 is 28.0 Å². The predicted octanol–water partition coefficient (Wildman–Crippen LogP) is 3.38. The van der Waals surface area contributed by atoms with Gasteiger partial charge in [-0.25, -0.2) is 0 Å². The molecule has 0 radical (unpaired) electrons. The number of pyridine rings is 1. The number of rotatable bonds is 1. The average molecular weight is 206 g/mol. The predicted molar refractivity (Wildman–Crippen MR) is 68.0 cm³/mol. The van der Waals surface area contributed by atoms with Crippen LogP contribution in [-0.2, 0) is 0 Å². The van der Waals surface area contributed by atoms with Crippen molar-refractivity contribution in [2.24, 2.45) is 0 Å². The SMILES string of the molecule is C=C[n+]1c2ccccc2cc2ccccc21. The first-order valence-electron chi connectivity index (χ1n) is 5.35. The summed E-state index contributed by atoms with van der Waals surface area (Å²) in [5.74, 6) is 0. The summed E-state index contributed by atoms with van der Waals surface area (Å²) in [4.78, 5) is 0. The van der Waals surface area contributed by atoms with E-state index in [0.29, 0.717) is 0 Å². The number of nitrogens with zero attached hydrogens (tertiary/aromatic N) is 1. The van der Waals surface area contributed by atoms with E-state index in [1.165, 1.54) is 21.8 Å². The standard InChI is InChI=1S/C15H12N/c1-2-16-14-9-5-3-7-12(14)11-13-8-4-6-10-15(13)16/h2-11H,1H2/q+1. The fourth-order valence-electron chi connectivity index (χ4n) is 2.15. The number of benzene rings is 2. The lowest BCUT2D eigenvalue weighted by Gasteiger charge is -2.00. The monoisotopic (exact) mass is 206 g/mol. The molecule has 0 spiro atoms. The Morgan fingerprint density at radius 3 is 1.81 bits per heavy atom. The molecular weight excluding hydrogens is 194 g/mol. The van der Waals surface area contributed by atoms with Crippen LogP contribution >= 0.6 is 0 Å². The fourth-order valence-corrected chi connectivity index (χ4v) is 2.15. The Bertz CT molecular complexity index is 629. The molecule has 1 heterocycles. The van der Waals surface area contributed by atoms with E-state index in [0.717, 1.165) is 0 Å². The van der Waals surface area contributed by atoms with E-state index < -0.39 is 0 Å². The average Bonchev–Trinajstić information content (AvgIpc) is 2.36. The Hall–Kier alpha value is -2.15. The summed E-state index contributed by atoms with van der Waals surface area (Å²) in [5.41, 5.74) is 2.38. The van der Waals surface area contributed by atoms with E-state index >= 15 is 0 Å². The Balaban J connectivity index is 2.61. The number of hydrogen-bond donors (Lipinski definition) is 0. The van der Waals surface area contributed by atoms with Gasteiger partial charge in [-0.05, 0) is 24.8 Å². The molecule has 1 aromatic heterocycles. The summed E-state index contributed by atoms with van der Waals surface area (Å²) < 4.78 is 2.13. The summed E-state index contributed by atoms with van der Waals surface area (Å²) >= 11 is 0. The molecule has 0 amide bonds. The minimum absolute atomic E-state index is 1.19. The summed E-state index contributed by atoms with van der Waals surface area (Å²) in [7, 11) is 0. The normalized spacial score (nSPS) is 10.8. The first kappa shape index (κ1) is 9.10. The molecule has 0 unspecified atom stereocenters. The molecule has 3 aromatic rings. The van der Waals surface area contributed by atoms with Gasteiger partial charge in [0.1, 0.15) is 0 Å². The van der Waals surface area contributed by atoms with E-state index in [4.69, 9.17) is 0 Å². The second-order valence-electron chi connectivity index (χ2n) is 3.81. The summed E-state index contributed by atoms with van der Waals surface area (Å²) in [6.07, 6.45) is 1.87. The Morgan fingerprint density at radius 2 is 1.31 bits per heavy atom. The lowest BCUT2D eigenvalue weighted by Crippen LogP contribution is -2.27. The van der Waals surface area contributed by atoms with E-state index in [2.05, 4.69) is 65.7 Å². The highest BCUT2D eigenvalue weighted by atomic mass is 14.9. The van der Waals surface area contributed by atoms with Gasteiger partial charge in [-0.3, -0.25) is 0 Å². The highest BCUT2D eigenvalue weighted by Gasteiger charge is 2.10. The Kier molecular flexibility index (Phi) is 1.97. The zero-order chi connectivity index (χ0) is 11.0. The van der Waals surface area contributed by atoms with E-state index in [9.17, 15) is 0 Å². The molecule has 0 fully saturated rings. The van der Waals surface area contributed by atoms with Crippen molar-refractivity contribution in [2.45, 2.75) is 0 Å². The molecule has 0 aliphatic carbocycles. The van der Waals surface area contributed by atoms with Crippen molar-refractivity contribution < 1.29 is 4.57 Å². The van der Waals surface area contributed by atoms with Crippen LogP contribution in [0.25, 0.3) is 28.0 Å². The fraction of sp³-hybridized carbons (Fsp3) is 0. The van der Waals surface area contributed by atoms with Gasteiger partial charge in [0, 0.05) is 22.9 Å². The van der Waals surface area contributed by atoms with Crippen LogP contribution in [0, 0.1) is 0 Å². The molecule has 0 aliphatic rings. The third kappa shape index (κ3) is 1.22. The van der Waals surface area contributed by atoms with Gasteiger partial charge in [-0.15, -0.1) is 0 Å². The molecule has 3 rings (SSSR count). The largest absolute Gasteiger partial charge is 0.218 e. The van der Waals surface area contributed by atoms with Crippen LogP contribution in [0.3, 0.4) is 0 Å². The minimum Gasteiger partial charge on any atom is -0.160 e. The molecule has 1 nitrogen and oxygen atoms in total. The molecule has 2 aromatic carbocycles. The minimum atomic E-state index is 1.19. The van der Waals surface area contributed by atoms with Gasteiger partial charge in [-0.1, -0.05) is 24.3 Å². The Morgan fingerprint density at radius 1 is 0.812 bits per heavy atom. The third-order valence-corrected chi connectivity index (χ3v) is 2.89. The van der Waals surface area contributed by atoms with Gasteiger partial charge in [-0.2, -0.15) is 4.57 Å². The molecule has 0 saturated carbocycles. The second kappa shape index (κ2) is 3.46. The smallest absolute Gasteiger partial charge is 0.160 e. The van der Waals surface area contributed by atoms with Crippen LogP contribution in [0.5, 0.6) is 0 Å². The van der Waals surface area contributed by atoms with Gasteiger partial charge in [0.25, 0.3) is 0 Å². The van der Waals surface area contributed by atoms with Crippen molar-refractivity contribution in [1.82, 2.24) is 0 Å². The van der Waals surface area contributed by atoms with E-state index in [-0.39, 0.29) is 0 Å².